The summed E-state index contributed by atoms with van der Waals surface area (Å²) in [6.45, 7) is 7.88. The number of carbonyl (C=O) groups is 1. The van der Waals surface area contributed by atoms with Crippen LogP contribution >= 0.6 is 11.6 Å². The van der Waals surface area contributed by atoms with E-state index >= 15 is 0 Å². The fourth-order valence-electron chi connectivity index (χ4n) is 2.25. The first-order valence-electron chi connectivity index (χ1n) is 7.03. The zero-order valence-corrected chi connectivity index (χ0v) is 13.4. The molecule has 1 aromatic heterocycles. The van der Waals surface area contributed by atoms with Crippen LogP contribution in [-0.2, 0) is 4.74 Å². The number of alkyl carbamates (subject to hydrolysis) is 1. The van der Waals surface area contributed by atoms with Crippen molar-refractivity contribution < 1.29 is 9.53 Å². The van der Waals surface area contributed by atoms with E-state index in [9.17, 15) is 4.79 Å². The van der Waals surface area contributed by atoms with Crippen molar-refractivity contribution in [2.24, 2.45) is 5.92 Å². The van der Waals surface area contributed by atoms with Gasteiger partial charge in [-0.2, -0.15) is 0 Å². The third-order valence-electron chi connectivity index (χ3n) is 3.16. The number of aromatic nitrogens is 2. The molecule has 0 unspecified atom stereocenters. The zero-order chi connectivity index (χ0) is 15.5. The Morgan fingerprint density at radius 2 is 2.29 bits per heavy atom. The second kappa shape index (κ2) is 6.47. The highest BCUT2D eigenvalue weighted by Crippen LogP contribution is 2.22. The van der Waals surface area contributed by atoms with Crippen LogP contribution in [0.25, 0.3) is 0 Å². The van der Waals surface area contributed by atoms with Crippen molar-refractivity contribution >= 4 is 23.5 Å². The van der Waals surface area contributed by atoms with E-state index in [1.54, 1.807) is 6.07 Å². The van der Waals surface area contributed by atoms with Gasteiger partial charge in [-0.15, -0.1) is 0 Å². The molecule has 0 radical (unpaired) electrons. The number of hydrogen-bond donors (Lipinski definition) is 1. The Balaban J connectivity index is 1.79. The van der Waals surface area contributed by atoms with E-state index in [1.807, 2.05) is 20.8 Å². The molecule has 1 fully saturated rings. The quantitative estimate of drug-likeness (QED) is 0.869. The number of nitrogens with zero attached hydrogens (tertiary/aromatic N) is 3. The zero-order valence-electron chi connectivity index (χ0n) is 12.6. The van der Waals surface area contributed by atoms with Crippen molar-refractivity contribution in [3.05, 3.63) is 17.5 Å². The fourth-order valence-corrected chi connectivity index (χ4v) is 2.39. The number of hydrogen-bond acceptors (Lipinski definition) is 5. The molecular formula is C14H21ClN4O2. The maximum Gasteiger partial charge on any atom is 0.407 e. The maximum atomic E-state index is 11.6. The second-order valence-corrected chi connectivity index (χ2v) is 6.57. The normalized spacial score (nSPS) is 18.7. The van der Waals surface area contributed by atoms with Crippen LogP contribution in [0.1, 0.15) is 27.2 Å². The first kappa shape index (κ1) is 15.8. The molecule has 1 aliphatic heterocycles. The summed E-state index contributed by atoms with van der Waals surface area (Å²) in [7, 11) is 0. The average Bonchev–Trinajstić information content (AvgIpc) is 2.83. The Labute approximate surface area is 129 Å². The lowest BCUT2D eigenvalue weighted by molar-refractivity contribution is 0.0520. The van der Waals surface area contributed by atoms with Gasteiger partial charge in [0.25, 0.3) is 0 Å². The van der Waals surface area contributed by atoms with E-state index in [1.165, 1.54) is 6.33 Å². The molecule has 0 saturated carbocycles. The second-order valence-electron chi connectivity index (χ2n) is 6.18. The van der Waals surface area contributed by atoms with Crippen LogP contribution in [0.4, 0.5) is 10.6 Å². The van der Waals surface area contributed by atoms with E-state index in [0.29, 0.717) is 17.6 Å². The molecule has 0 aliphatic carbocycles. The predicted molar refractivity (Wildman–Crippen MR) is 81.6 cm³/mol. The minimum Gasteiger partial charge on any atom is -0.444 e. The Morgan fingerprint density at radius 3 is 2.95 bits per heavy atom. The molecule has 1 atom stereocenters. The number of nitrogens with one attached hydrogen (secondary N) is 1. The fraction of sp³-hybridized carbons (Fsp3) is 0.643. The van der Waals surface area contributed by atoms with Crippen molar-refractivity contribution in [2.75, 3.05) is 24.5 Å². The lowest BCUT2D eigenvalue weighted by Gasteiger charge is -2.21. The van der Waals surface area contributed by atoms with Crippen molar-refractivity contribution in [3.8, 4) is 0 Å². The van der Waals surface area contributed by atoms with Crippen LogP contribution in [0.5, 0.6) is 0 Å². The minimum absolute atomic E-state index is 0.369. The van der Waals surface area contributed by atoms with Crippen molar-refractivity contribution in [3.63, 3.8) is 0 Å². The highest BCUT2D eigenvalue weighted by atomic mass is 35.5. The van der Waals surface area contributed by atoms with Crippen LogP contribution in [0.15, 0.2) is 12.4 Å². The van der Waals surface area contributed by atoms with Gasteiger partial charge in [0.2, 0.25) is 0 Å². The predicted octanol–water partition coefficient (Wildman–Crippen LogP) is 2.48. The van der Waals surface area contributed by atoms with Crippen LogP contribution in [0.3, 0.4) is 0 Å². The summed E-state index contributed by atoms with van der Waals surface area (Å²) in [5.41, 5.74) is -0.469. The molecule has 1 N–H and O–H groups in total. The molecule has 21 heavy (non-hydrogen) atoms. The third kappa shape index (κ3) is 5.04. The summed E-state index contributed by atoms with van der Waals surface area (Å²) < 4.78 is 5.22. The topological polar surface area (TPSA) is 67.3 Å². The van der Waals surface area contributed by atoms with E-state index in [2.05, 4.69) is 20.2 Å². The summed E-state index contributed by atoms with van der Waals surface area (Å²) >= 11 is 5.87. The van der Waals surface area contributed by atoms with Crippen molar-refractivity contribution in [1.29, 1.82) is 0 Å². The Bertz CT molecular complexity index is 504. The van der Waals surface area contributed by atoms with Gasteiger partial charge in [-0.25, -0.2) is 14.8 Å². The minimum atomic E-state index is -0.469. The summed E-state index contributed by atoms with van der Waals surface area (Å²) in [6.07, 6.45) is 2.09. The van der Waals surface area contributed by atoms with Gasteiger partial charge in [0.05, 0.1) is 0 Å². The summed E-state index contributed by atoms with van der Waals surface area (Å²) in [5.74, 6) is 1.21. The van der Waals surface area contributed by atoms with Gasteiger partial charge in [-0.05, 0) is 33.1 Å². The van der Waals surface area contributed by atoms with Gasteiger partial charge in [-0.1, -0.05) is 11.6 Å². The lowest BCUT2D eigenvalue weighted by Crippen LogP contribution is -2.36. The maximum absolute atomic E-state index is 11.6. The van der Waals surface area contributed by atoms with Gasteiger partial charge in [-0.3, -0.25) is 0 Å². The number of amides is 1. The number of ether oxygens (including phenoxy) is 1. The third-order valence-corrected chi connectivity index (χ3v) is 3.37. The summed E-state index contributed by atoms with van der Waals surface area (Å²) in [6, 6.07) is 1.76. The molecule has 7 heteroatoms. The smallest absolute Gasteiger partial charge is 0.407 e. The van der Waals surface area contributed by atoms with Crippen molar-refractivity contribution in [1.82, 2.24) is 15.3 Å². The van der Waals surface area contributed by atoms with Crippen LogP contribution in [0.2, 0.25) is 5.15 Å². The molecule has 0 spiro atoms. The van der Waals surface area contributed by atoms with Crippen LogP contribution in [0, 0.1) is 5.92 Å². The standard InChI is InChI=1S/C14H21ClN4O2/c1-14(2,3)21-13(20)16-7-10-4-5-19(8-10)12-6-11(15)17-9-18-12/h6,9-10H,4-5,7-8H2,1-3H3,(H,16,20)/t10-/m0/s1. The number of carbonyl (C=O) groups excluding carboxylic acids is 1. The first-order valence-corrected chi connectivity index (χ1v) is 7.40. The average molecular weight is 313 g/mol. The SMILES string of the molecule is CC(C)(C)OC(=O)NC[C@@H]1CCN(c2cc(Cl)ncn2)C1. The molecule has 6 nitrogen and oxygen atoms in total. The van der Waals surface area contributed by atoms with E-state index < -0.39 is 5.60 Å². The summed E-state index contributed by atoms with van der Waals surface area (Å²) in [5, 5.41) is 3.26. The Morgan fingerprint density at radius 1 is 1.52 bits per heavy atom. The largest absolute Gasteiger partial charge is 0.444 e. The highest BCUT2D eigenvalue weighted by molar-refractivity contribution is 6.29. The molecule has 2 heterocycles. The first-order chi connectivity index (χ1) is 9.83. The molecule has 116 valence electrons. The number of halogens is 1. The van der Waals surface area contributed by atoms with E-state index in [4.69, 9.17) is 16.3 Å². The van der Waals surface area contributed by atoms with Gasteiger partial charge in [0.15, 0.2) is 0 Å². The van der Waals surface area contributed by atoms with E-state index in [0.717, 1.165) is 25.3 Å². The Kier molecular flexibility index (Phi) is 4.88. The lowest BCUT2D eigenvalue weighted by atomic mass is 10.1. The molecule has 1 saturated heterocycles. The molecule has 0 aromatic carbocycles. The molecular weight excluding hydrogens is 292 g/mol. The van der Waals surface area contributed by atoms with Gasteiger partial charge in [0, 0.05) is 25.7 Å². The number of rotatable bonds is 3. The van der Waals surface area contributed by atoms with Gasteiger partial charge < -0.3 is 15.0 Å². The highest BCUT2D eigenvalue weighted by Gasteiger charge is 2.25. The van der Waals surface area contributed by atoms with Crippen LogP contribution in [-0.4, -0.2) is 41.3 Å². The van der Waals surface area contributed by atoms with Gasteiger partial charge in [0.1, 0.15) is 22.9 Å². The van der Waals surface area contributed by atoms with E-state index in [-0.39, 0.29) is 6.09 Å². The molecule has 1 aliphatic rings. The molecule has 1 amide bonds. The van der Waals surface area contributed by atoms with Crippen molar-refractivity contribution in [2.45, 2.75) is 32.8 Å². The van der Waals surface area contributed by atoms with Crippen LogP contribution < -0.4 is 10.2 Å². The van der Waals surface area contributed by atoms with Gasteiger partial charge >= 0.3 is 6.09 Å². The molecule has 0 bridgehead atoms. The number of anilines is 1. The summed E-state index contributed by atoms with van der Waals surface area (Å²) in [4.78, 5) is 21.9. The molecule has 2 rings (SSSR count). The monoisotopic (exact) mass is 312 g/mol. The molecule has 1 aromatic rings. The Hall–Kier alpha value is -1.56.